The van der Waals surface area contributed by atoms with Gasteiger partial charge in [0.05, 0.1) is 6.20 Å². The minimum Gasteiger partial charge on any atom is -0.441 e. The Balaban J connectivity index is 1.95. The third kappa shape index (κ3) is 3.44. The van der Waals surface area contributed by atoms with E-state index in [0.717, 1.165) is 43.1 Å². The monoisotopic (exact) mass is 244 g/mol. The van der Waals surface area contributed by atoms with E-state index in [1.807, 2.05) is 0 Å². The zero-order chi connectivity index (χ0) is 12.8. The van der Waals surface area contributed by atoms with Crippen LogP contribution in [0.3, 0.4) is 0 Å². The highest BCUT2D eigenvalue weighted by Gasteiger charge is 2.05. The lowest BCUT2D eigenvalue weighted by molar-refractivity contribution is 0.495. The van der Waals surface area contributed by atoms with Crippen LogP contribution in [0.1, 0.15) is 24.8 Å². The molecule has 0 aliphatic carbocycles. The number of nitrogens with zero attached hydrogens (tertiary/aromatic N) is 1. The summed E-state index contributed by atoms with van der Waals surface area (Å²) in [4.78, 5) is 4.31. The predicted octanol–water partition coefficient (Wildman–Crippen LogP) is 3.19. The summed E-state index contributed by atoms with van der Waals surface area (Å²) < 4.78 is 5.74. The Labute approximate surface area is 108 Å². The Morgan fingerprint density at radius 2 is 1.94 bits per heavy atom. The standard InChI is InChI=1S/C15H20N2O/c1-3-9-16-10-8-15-17-11-14(18-15)13-6-4-12(2)5-7-13/h4-7,11,16H,3,8-10H2,1-2H3. The molecule has 3 nitrogen and oxygen atoms in total. The molecule has 0 saturated heterocycles. The molecule has 0 spiro atoms. The van der Waals surface area contributed by atoms with Crippen LogP contribution < -0.4 is 5.32 Å². The van der Waals surface area contributed by atoms with E-state index in [4.69, 9.17) is 4.42 Å². The van der Waals surface area contributed by atoms with Crippen molar-refractivity contribution >= 4 is 0 Å². The molecule has 1 heterocycles. The maximum absolute atomic E-state index is 5.74. The molecule has 0 radical (unpaired) electrons. The topological polar surface area (TPSA) is 38.1 Å². The van der Waals surface area contributed by atoms with Crippen LogP contribution in [0.5, 0.6) is 0 Å². The van der Waals surface area contributed by atoms with Gasteiger partial charge in [0.15, 0.2) is 11.7 Å². The zero-order valence-corrected chi connectivity index (χ0v) is 11.1. The first kappa shape index (κ1) is 12.8. The van der Waals surface area contributed by atoms with E-state index in [0.29, 0.717) is 0 Å². The molecule has 1 aromatic heterocycles. The number of oxazole rings is 1. The van der Waals surface area contributed by atoms with Crippen molar-refractivity contribution in [3.63, 3.8) is 0 Å². The molecule has 1 aromatic carbocycles. The van der Waals surface area contributed by atoms with Crippen LogP contribution in [0, 0.1) is 6.92 Å². The van der Waals surface area contributed by atoms with E-state index in [-0.39, 0.29) is 0 Å². The van der Waals surface area contributed by atoms with Gasteiger partial charge in [0.1, 0.15) is 0 Å². The van der Waals surface area contributed by atoms with E-state index in [9.17, 15) is 0 Å². The molecule has 0 bridgehead atoms. The Morgan fingerprint density at radius 1 is 1.17 bits per heavy atom. The van der Waals surface area contributed by atoms with Crippen molar-refractivity contribution in [2.24, 2.45) is 0 Å². The van der Waals surface area contributed by atoms with Gasteiger partial charge in [-0.25, -0.2) is 4.98 Å². The van der Waals surface area contributed by atoms with Crippen LogP contribution in [-0.4, -0.2) is 18.1 Å². The first-order chi connectivity index (χ1) is 8.79. The third-order valence-corrected chi connectivity index (χ3v) is 2.83. The molecule has 0 fully saturated rings. The quantitative estimate of drug-likeness (QED) is 0.793. The van der Waals surface area contributed by atoms with E-state index < -0.39 is 0 Å². The second kappa shape index (κ2) is 6.36. The van der Waals surface area contributed by atoms with Crippen LogP contribution in [-0.2, 0) is 6.42 Å². The molecular weight excluding hydrogens is 224 g/mol. The van der Waals surface area contributed by atoms with Crippen LogP contribution in [0.2, 0.25) is 0 Å². The highest BCUT2D eigenvalue weighted by molar-refractivity contribution is 5.56. The lowest BCUT2D eigenvalue weighted by atomic mass is 10.1. The van der Waals surface area contributed by atoms with Crippen molar-refractivity contribution < 1.29 is 4.42 Å². The molecule has 2 rings (SSSR count). The second-order valence-electron chi connectivity index (χ2n) is 4.48. The number of rotatable bonds is 6. The summed E-state index contributed by atoms with van der Waals surface area (Å²) in [6.45, 7) is 6.20. The van der Waals surface area contributed by atoms with Gasteiger partial charge in [-0.05, 0) is 19.9 Å². The average Bonchev–Trinajstić information content (AvgIpc) is 2.84. The Kier molecular flexibility index (Phi) is 4.53. The fraction of sp³-hybridized carbons (Fsp3) is 0.400. The van der Waals surface area contributed by atoms with Gasteiger partial charge in [-0.1, -0.05) is 36.8 Å². The van der Waals surface area contributed by atoms with E-state index in [2.05, 4.69) is 48.4 Å². The molecule has 0 aliphatic rings. The summed E-state index contributed by atoms with van der Waals surface area (Å²) in [5, 5.41) is 3.34. The van der Waals surface area contributed by atoms with Gasteiger partial charge in [0.25, 0.3) is 0 Å². The van der Waals surface area contributed by atoms with Crippen LogP contribution in [0.4, 0.5) is 0 Å². The Morgan fingerprint density at radius 3 is 2.67 bits per heavy atom. The first-order valence-corrected chi connectivity index (χ1v) is 6.52. The maximum atomic E-state index is 5.74. The number of aromatic nitrogens is 1. The number of aryl methyl sites for hydroxylation is 1. The smallest absolute Gasteiger partial charge is 0.196 e. The summed E-state index contributed by atoms with van der Waals surface area (Å²) in [5.41, 5.74) is 2.34. The van der Waals surface area contributed by atoms with Crippen LogP contribution >= 0.6 is 0 Å². The van der Waals surface area contributed by atoms with Gasteiger partial charge in [-0.2, -0.15) is 0 Å². The summed E-state index contributed by atoms with van der Waals surface area (Å²) in [7, 11) is 0. The molecule has 0 atom stereocenters. The van der Waals surface area contributed by atoms with Gasteiger partial charge in [-0.15, -0.1) is 0 Å². The molecule has 0 saturated carbocycles. The van der Waals surface area contributed by atoms with Crippen LogP contribution in [0.25, 0.3) is 11.3 Å². The normalized spacial score (nSPS) is 10.8. The summed E-state index contributed by atoms with van der Waals surface area (Å²) in [5.74, 6) is 1.65. The highest BCUT2D eigenvalue weighted by Crippen LogP contribution is 2.20. The number of hydrogen-bond donors (Lipinski definition) is 1. The molecular formula is C15H20N2O. The number of benzene rings is 1. The number of hydrogen-bond acceptors (Lipinski definition) is 3. The second-order valence-corrected chi connectivity index (χ2v) is 4.48. The minimum absolute atomic E-state index is 0.800. The zero-order valence-electron chi connectivity index (χ0n) is 11.1. The molecule has 0 aliphatic heterocycles. The molecule has 18 heavy (non-hydrogen) atoms. The van der Waals surface area contributed by atoms with Crippen molar-refractivity contribution in [3.05, 3.63) is 41.9 Å². The lowest BCUT2D eigenvalue weighted by Crippen LogP contribution is -2.17. The largest absolute Gasteiger partial charge is 0.441 e. The maximum Gasteiger partial charge on any atom is 0.196 e. The minimum atomic E-state index is 0.800. The summed E-state index contributed by atoms with van der Waals surface area (Å²) >= 11 is 0. The lowest BCUT2D eigenvalue weighted by Gasteiger charge is -1.99. The van der Waals surface area contributed by atoms with E-state index in [1.54, 1.807) is 6.20 Å². The molecule has 2 aromatic rings. The first-order valence-electron chi connectivity index (χ1n) is 6.52. The summed E-state index contributed by atoms with van der Waals surface area (Å²) in [6, 6.07) is 8.30. The molecule has 0 amide bonds. The van der Waals surface area contributed by atoms with Crippen molar-refractivity contribution in [2.45, 2.75) is 26.7 Å². The molecule has 3 heteroatoms. The van der Waals surface area contributed by atoms with E-state index in [1.165, 1.54) is 5.56 Å². The van der Waals surface area contributed by atoms with Crippen molar-refractivity contribution in [1.29, 1.82) is 0 Å². The van der Waals surface area contributed by atoms with Crippen LogP contribution in [0.15, 0.2) is 34.9 Å². The average molecular weight is 244 g/mol. The van der Waals surface area contributed by atoms with Gasteiger partial charge in [-0.3, -0.25) is 0 Å². The SMILES string of the molecule is CCCNCCc1ncc(-c2ccc(C)cc2)o1. The Bertz CT molecular complexity index is 473. The molecule has 0 unspecified atom stereocenters. The van der Waals surface area contributed by atoms with Gasteiger partial charge >= 0.3 is 0 Å². The van der Waals surface area contributed by atoms with Gasteiger partial charge < -0.3 is 9.73 Å². The van der Waals surface area contributed by atoms with E-state index >= 15 is 0 Å². The van der Waals surface area contributed by atoms with Crippen molar-refractivity contribution in [2.75, 3.05) is 13.1 Å². The highest BCUT2D eigenvalue weighted by atomic mass is 16.4. The summed E-state index contributed by atoms with van der Waals surface area (Å²) in [6.07, 6.45) is 3.80. The van der Waals surface area contributed by atoms with Crippen molar-refractivity contribution in [3.8, 4) is 11.3 Å². The fourth-order valence-electron chi connectivity index (χ4n) is 1.77. The number of nitrogens with one attached hydrogen (secondary N) is 1. The third-order valence-electron chi connectivity index (χ3n) is 2.83. The predicted molar refractivity (Wildman–Crippen MR) is 73.5 cm³/mol. The van der Waals surface area contributed by atoms with Gasteiger partial charge in [0, 0.05) is 18.5 Å². The Hall–Kier alpha value is -1.61. The molecule has 1 N–H and O–H groups in total. The molecule has 96 valence electrons. The fourth-order valence-corrected chi connectivity index (χ4v) is 1.77. The van der Waals surface area contributed by atoms with Gasteiger partial charge in [0.2, 0.25) is 0 Å². The van der Waals surface area contributed by atoms with Crippen molar-refractivity contribution in [1.82, 2.24) is 10.3 Å².